The molecule has 1 atom stereocenters. The third kappa shape index (κ3) is 3.86. The number of oxime groups is 1. The number of aromatic nitrogens is 1. The first-order valence-corrected chi connectivity index (χ1v) is 11.2. The van der Waals surface area contributed by atoms with Crippen LogP contribution in [-0.4, -0.2) is 65.2 Å². The van der Waals surface area contributed by atoms with Gasteiger partial charge in [0.2, 0.25) is 0 Å². The summed E-state index contributed by atoms with van der Waals surface area (Å²) in [5, 5.41) is 19.5. The fourth-order valence-electron chi connectivity index (χ4n) is 4.21. The van der Waals surface area contributed by atoms with Crippen molar-refractivity contribution >= 4 is 43.9 Å². The molecule has 160 valence electrons. The van der Waals surface area contributed by atoms with Crippen LogP contribution in [0.15, 0.2) is 57.1 Å². The van der Waals surface area contributed by atoms with E-state index in [2.05, 4.69) is 43.2 Å². The first-order chi connectivity index (χ1) is 15.1. The Morgan fingerprint density at radius 3 is 3.03 bits per heavy atom. The molecule has 31 heavy (non-hydrogen) atoms. The van der Waals surface area contributed by atoms with Crippen LogP contribution < -0.4 is 5.32 Å². The van der Waals surface area contributed by atoms with Gasteiger partial charge in [-0.25, -0.2) is 4.99 Å². The first kappa shape index (κ1) is 20.2. The predicted molar refractivity (Wildman–Crippen MR) is 127 cm³/mol. The number of nitrogens with one attached hydrogen (secondary N) is 2. The van der Waals surface area contributed by atoms with Crippen LogP contribution in [0.1, 0.15) is 18.1 Å². The minimum Gasteiger partial charge on any atom is -0.494 e. The summed E-state index contributed by atoms with van der Waals surface area (Å²) in [5.74, 6) is 0.0713. The molecule has 0 spiro atoms. The lowest BCUT2D eigenvalue weighted by molar-refractivity contribution is 0.0860. The minimum absolute atomic E-state index is 0.0713. The number of nitrogens with zero attached hydrogens (tertiary/aromatic N) is 3. The van der Waals surface area contributed by atoms with Gasteiger partial charge in [0, 0.05) is 53.2 Å². The lowest BCUT2D eigenvalue weighted by Crippen LogP contribution is -2.50. The van der Waals surface area contributed by atoms with Gasteiger partial charge in [-0.15, -0.1) is 0 Å². The Morgan fingerprint density at radius 1 is 1.29 bits per heavy atom. The second kappa shape index (κ2) is 8.45. The predicted octanol–water partition coefficient (Wildman–Crippen LogP) is 3.78. The van der Waals surface area contributed by atoms with Gasteiger partial charge < -0.3 is 20.2 Å². The second-order valence-electron chi connectivity index (χ2n) is 7.88. The molecule has 3 heterocycles. The van der Waals surface area contributed by atoms with Crippen molar-refractivity contribution in [1.29, 1.82) is 0 Å². The molecule has 0 aliphatic carbocycles. The summed E-state index contributed by atoms with van der Waals surface area (Å²) < 4.78 is 0.927. The van der Waals surface area contributed by atoms with Crippen molar-refractivity contribution in [3.05, 3.63) is 58.1 Å². The summed E-state index contributed by atoms with van der Waals surface area (Å²) in [7, 11) is 0. The average molecular weight is 482 g/mol. The molecule has 1 aromatic heterocycles. The Bertz CT molecular complexity index is 1190. The summed E-state index contributed by atoms with van der Waals surface area (Å²) in [4.78, 5) is 16.0. The largest absolute Gasteiger partial charge is 0.494 e. The maximum absolute atomic E-state index is 10.7. The van der Waals surface area contributed by atoms with E-state index in [9.17, 15) is 5.11 Å². The molecule has 8 heteroatoms. The molecule has 1 saturated heterocycles. The van der Waals surface area contributed by atoms with E-state index < -0.39 is 0 Å². The van der Waals surface area contributed by atoms with Gasteiger partial charge in [0.25, 0.3) is 0 Å². The summed E-state index contributed by atoms with van der Waals surface area (Å²) in [6, 6.07) is 14.1. The van der Waals surface area contributed by atoms with E-state index in [1.54, 1.807) is 0 Å². The highest BCUT2D eigenvalue weighted by Gasteiger charge is 2.29. The molecule has 0 amide bonds. The van der Waals surface area contributed by atoms with Crippen molar-refractivity contribution in [2.75, 3.05) is 32.8 Å². The lowest BCUT2D eigenvalue weighted by Gasteiger charge is -2.33. The Labute approximate surface area is 188 Å². The molecular formula is C23H24BrN5O2. The zero-order chi connectivity index (χ0) is 21.4. The highest BCUT2D eigenvalue weighted by Crippen LogP contribution is 2.36. The standard InChI is InChI=1S/C23H24BrN5O2/c1-14-13-25-8-9-29(14)10-11-31-28-21-16-4-2-3-5-18(16)26-22(21)20-17-12-15(24)6-7-19(17)27-23(20)30/h2-7,12,14,25,27,30H,8-11,13H2,1H3/b28-21+. The molecule has 2 aromatic carbocycles. The molecule has 1 fully saturated rings. The number of para-hydroxylation sites is 1. The Balaban J connectivity index is 1.45. The highest BCUT2D eigenvalue weighted by atomic mass is 79.9. The molecule has 0 bridgehead atoms. The quantitative estimate of drug-likeness (QED) is 0.382. The number of hydrogen-bond donors (Lipinski definition) is 3. The number of benzene rings is 2. The number of aromatic hydroxyl groups is 1. The zero-order valence-electron chi connectivity index (χ0n) is 17.2. The number of aromatic amines is 1. The van der Waals surface area contributed by atoms with E-state index in [4.69, 9.17) is 9.83 Å². The molecule has 1 unspecified atom stereocenters. The monoisotopic (exact) mass is 481 g/mol. The van der Waals surface area contributed by atoms with Gasteiger partial charge in [0.05, 0.1) is 11.3 Å². The maximum atomic E-state index is 10.7. The van der Waals surface area contributed by atoms with Gasteiger partial charge in [0.1, 0.15) is 18.0 Å². The summed E-state index contributed by atoms with van der Waals surface area (Å²) in [6.07, 6.45) is 0. The number of halogens is 1. The number of H-pyrrole nitrogens is 1. The SMILES string of the molecule is CC1CNCCN1CCO/N=C1/C(c2c(O)[nH]c3ccc(Br)cc23)=Nc2ccccc21. The van der Waals surface area contributed by atoms with Crippen LogP contribution in [0.5, 0.6) is 5.88 Å². The van der Waals surface area contributed by atoms with Crippen LogP contribution in [0.25, 0.3) is 10.9 Å². The Kier molecular flexibility index (Phi) is 5.52. The van der Waals surface area contributed by atoms with Crippen molar-refractivity contribution in [3.63, 3.8) is 0 Å². The fraction of sp³-hybridized carbons (Fsp3) is 0.304. The van der Waals surface area contributed by atoms with E-state index in [0.717, 1.165) is 52.8 Å². The first-order valence-electron chi connectivity index (χ1n) is 10.5. The van der Waals surface area contributed by atoms with Gasteiger partial charge >= 0.3 is 0 Å². The molecule has 5 rings (SSSR count). The number of piperazine rings is 1. The molecular weight excluding hydrogens is 458 g/mol. The average Bonchev–Trinajstić information content (AvgIpc) is 3.28. The number of fused-ring (bicyclic) bond motifs is 2. The van der Waals surface area contributed by atoms with Gasteiger partial charge in [-0.1, -0.05) is 39.3 Å². The van der Waals surface area contributed by atoms with E-state index in [1.165, 1.54) is 0 Å². The van der Waals surface area contributed by atoms with Gasteiger partial charge in [-0.3, -0.25) is 4.90 Å². The van der Waals surface area contributed by atoms with Crippen molar-refractivity contribution < 1.29 is 9.94 Å². The van der Waals surface area contributed by atoms with E-state index in [-0.39, 0.29) is 5.88 Å². The maximum Gasteiger partial charge on any atom is 0.199 e. The number of aliphatic imine (C=N–C) groups is 1. The normalized spacial score (nSPS) is 20.3. The van der Waals surface area contributed by atoms with Crippen LogP contribution in [0.4, 0.5) is 5.69 Å². The lowest BCUT2D eigenvalue weighted by atomic mass is 10.0. The van der Waals surface area contributed by atoms with Gasteiger partial charge in [-0.2, -0.15) is 0 Å². The number of rotatable bonds is 5. The fourth-order valence-corrected chi connectivity index (χ4v) is 4.57. The molecule has 0 radical (unpaired) electrons. The molecule has 2 aliphatic heterocycles. The third-order valence-corrected chi connectivity index (χ3v) is 6.35. The summed E-state index contributed by atoms with van der Waals surface area (Å²) in [6.45, 7) is 6.53. The zero-order valence-corrected chi connectivity index (χ0v) is 18.8. The summed E-state index contributed by atoms with van der Waals surface area (Å²) >= 11 is 3.52. The molecule has 2 aliphatic rings. The smallest absolute Gasteiger partial charge is 0.199 e. The Morgan fingerprint density at radius 2 is 2.16 bits per heavy atom. The van der Waals surface area contributed by atoms with Crippen molar-refractivity contribution in [2.45, 2.75) is 13.0 Å². The van der Waals surface area contributed by atoms with E-state index in [1.807, 2.05) is 42.5 Å². The molecule has 3 N–H and O–H groups in total. The van der Waals surface area contributed by atoms with Crippen LogP contribution in [-0.2, 0) is 4.84 Å². The van der Waals surface area contributed by atoms with Crippen molar-refractivity contribution in [2.24, 2.45) is 10.1 Å². The van der Waals surface area contributed by atoms with Gasteiger partial charge in [-0.05, 0) is 31.2 Å². The topological polar surface area (TPSA) is 85.2 Å². The van der Waals surface area contributed by atoms with Crippen LogP contribution in [0.2, 0.25) is 0 Å². The van der Waals surface area contributed by atoms with Crippen molar-refractivity contribution in [3.8, 4) is 5.88 Å². The Hall–Kier alpha value is -2.68. The third-order valence-electron chi connectivity index (χ3n) is 5.86. The molecule has 3 aromatic rings. The van der Waals surface area contributed by atoms with E-state index >= 15 is 0 Å². The molecule has 0 saturated carbocycles. The van der Waals surface area contributed by atoms with Crippen molar-refractivity contribution in [1.82, 2.24) is 15.2 Å². The molecule has 7 nitrogen and oxygen atoms in total. The minimum atomic E-state index is 0.0713. The highest BCUT2D eigenvalue weighted by molar-refractivity contribution is 9.10. The van der Waals surface area contributed by atoms with E-state index in [0.29, 0.717) is 29.6 Å². The van der Waals surface area contributed by atoms with Crippen LogP contribution in [0, 0.1) is 0 Å². The summed E-state index contributed by atoms with van der Waals surface area (Å²) in [5.41, 5.74) is 4.43. The van der Waals surface area contributed by atoms with Gasteiger partial charge in [0.15, 0.2) is 5.88 Å². The van der Waals surface area contributed by atoms with Crippen LogP contribution in [0.3, 0.4) is 0 Å². The van der Waals surface area contributed by atoms with Crippen LogP contribution >= 0.6 is 15.9 Å². The number of hydrogen-bond acceptors (Lipinski definition) is 6. The second-order valence-corrected chi connectivity index (χ2v) is 8.79.